The average Bonchev–Trinajstić information content (AvgIpc) is 2.93. The first kappa shape index (κ1) is 17.1. The zero-order chi connectivity index (χ0) is 16.8. The van der Waals surface area contributed by atoms with E-state index >= 15 is 0 Å². The maximum Gasteiger partial charge on any atom is 0.319 e. The van der Waals surface area contributed by atoms with Crippen LogP contribution in [0.1, 0.15) is 38.0 Å². The molecule has 0 saturated carbocycles. The standard InChI is InChI=1S/C15H19ClN4O3/c1-4-7-22-13-6-5-11(8-12(13)16)19-15(21)17-9(2)14-18-10(3)20-23-14/h5-6,8-9H,4,7H2,1-3H3,(H2,17,19,21)/t9-/m0/s1. The fourth-order valence-electron chi connectivity index (χ4n) is 1.82. The van der Waals surface area contributed by atoms with Crippen LogP contribution in [0.4, 0.5) is 10.5 Å². The van der Waals surface area contributed by atoms with E-state index in [9.17, 15) is 4.79 Å². The summed E-state index contributed by atoms with van der Waals surface area (Å²) in [6.45, 7) is 6.07. The van der Waals surface area contributed by atoms with E-state index in [1.54, 1.807) is 32.0 Å². The summed E-state index contributed by atoms with van der Waals surface area (Å²) in [6.07, 6.45) is 0.895. The predicted molar refractivity (Wildman–Crippen MR) is 86.8 cm³/mol. The highest BCUT2D eigenvalue weighted by atomic mass is 35.5. The Morgan fingerprint density at radius 1 is 1.48 bits per heavy atom. The van der Waals surface area contributed by atoms with Crippen LogP contribution in [0.3, 0.4) is 0 Å². The second-order valence-electron chi connectivity index (χ2n) is 4.99. The van der Waals surface area contributed by atoms with E-state index in [4.69, 9.17) is 20.9 Å². The van der Waals surface area contributed by atoms with Crippen molar-refractivity contribution in [1.29, 1.82) is 0 Å². The third kappa shape index (κ3) is 4.85. The van der Waals surface area contributed by atoms with Gasteiger partial charge in [-0.25, -0.2) is 4.79 Å². The van der Waals surface area contributed by atoms with Gasteiger partial charge in [-0.3, -0.25) is 0 Å². The minimum Gasteiger partial charge on any atom is -0.492 e. The topological polar surface area (TPSA) is 89.3 Å². The lowest BCUT2D eigenvalue weighted by Crippen LogP contribution is -2.31. The molecular formula is C15H19ClN4O3. The first-order chi connectivity index (χ1) is 11.0. The lowest BCUT2D eigenvalue weighted by molar-refractivity contribution is 0.245. The van der Waals surface area contributed by atoms with Gasteiger partial charge in [0.25, 0.3) is 0 Å². The van der Waals surface area contributed by atoms with E-state index < -0.39 is 12.1 Å². The van der Waals surface area contributed by atoms with E-state index in [1.165, 1.54) is 0 Å². The van der Waals surface area contributed by atoms with Gasteiger partial charge in [0, 0.05) is 5.69 Å². The summed E-state index contributed by atoms with van der Waals surface area (Å²) >= 11 is 6.12. The molecule has 0 bridgehead atoms. The van der Waals surface area contributed by atoms with Crippen molar-refractivity contribution in [2.45, 2.75) is 33.2 Å². The summed E-state index contributed by atoms with van der Waals surface area (Å²) in [5.74, 6) is 1.46. The van der Waals surface area contributed by atoms with E-state index in [1.807, 2.05) is 6.92 Å². The van der Waals surface area contributed by atoms with Crippen LogP contribution in [-0.4, -0.2) is 22.8 Å². The molecular weight excluding hydrogens is 320 g/mol. The van der Waals surface area contributed by atoms with Crippen molar-refractivity contribution in [2.24, 2.45) is 0 Å². The van der Waals surface area contributed by atoms with Crippen LogP contribution in [0.5, 0.6) is 5.75 Å². The number of halogens is 1. The number of carbonyl (C=O) groups excluding carboxylic acids is 1. The molecule has 0 saturated heterocycles. The average molecular weight is 339 g/mol. The molecule has 23 heavy (non-hydrogen) atoms. The lowest BCUT2D eigenvalue weighted by atomic mass is 10.3. The smallest absolute Gasteiger partial charge is 0.319 e. The highest BCUT2D eigenvalue weighted by molar-refractivity contribution is 6.32. The molecule has 2 rings (SSSR count). The van der Waals surface area contributed by atoms with Gasteiger partial charge in [0.05, 0.1) is 11.6 Å². The molecule has 0 aliphatic heterocycles. The molecule has 2 amide bonds. The Morgan fingerprint density at radius 2 is 2.26 bits per heavy atom. The van der Waals surface area contributed by atoms with E-state index in [2.05, 4.69) is 20.8 Å². The molecule has 0 radical (unpaired) electrons. The number of ether oxygens (including phenoxy) is 1. The predicted octanol–water partition coefficient (Wildman–Crippen LogP) is 3.70. The second-order valence-corrected chi connectivity index (χ2v) is 5.40. The van der Waals surface area contributed by atoms with Gasteiger partial charge in [0.1, 0.15) is 11.8 Å². The first-order valence-electron chi connectivity index (χ1n) is 7.29. The van der Waals surface area contributed by atoms with Crippen molar-refractivity contribution in [2.75, 3.05) is 11.9 Å². The fourth-order valence-corrected chi connectivity index (χ4v) is 2.06. The molecule has 2 aromatic rings. The summed E-state index contributed by atoms with van der Waals surface area (Å²) in [6, 6.07) is 4.27. The summed E-state index contributed by atoms with van der Waals surface area (Å²) in [5.41, 5.74) is 0.560. The van der Waals surface area contributed by atoms with Gasteiger partial charge < -0.3 is 19.9 Å². The van der Waals surface area contributed by atoms with Crippen LogP contribution < -0.4 is 15.4 Å². The Kier molecular flexibility index (Phi) is 5.81. The van der Waals surface area contributed by atoms with Gasteiger partial charge in [-0.05, 0) is 38.5 Å². The zero-order valence-electron chi connectivity index (χ0n) is 13.2. The largest absolute Gasteiger partial charge is 0.492 e. The van der Waals surface area contributed by atoms with Crippen LogP contribution in [0, 0.1) is 6.92 Å². The Balaban J connectivity index is 1.93. The van der Waals surface area contributed by atoms with Crippen molar-refractivity contribution < 1.29 is 14.1 Å². The van der Waals surface area contributed by atoms with Crippen molar-refractivity contribution in [3.8, 4) is 5.75 Å². The number of hydrogen-bond acceptors (Lipinski definition) is 5. The summed E-state index contributed by atoms with van der Waals surface area (Å²) in [5, 5.41) is 9.53. The van der Waals surface area contributed by atoms with E-state index in [-0.39, 0.29) is 0 Å². The third-order valence-corrected chi connectivity index (χ3v) is 3.21. The molecule has 1 aromatic heterocycles. The molecule has 2 N–H and O–H groups in total. The number of amides is 2. The van der Waals surface area contributed by atoms with Crippen molar-refractivity contribution in [3.63, 3.8) is 0 Å². The van der Waals surface area contributed by atoms with Crippen LogP contribution in [0.25, 0.3) is 0 Å². The number of carbonyl (C=O) groups is 1. The Bertz CT molecular complexity index is 674. The third-order valence-electron chi connectivity index (χ3n) is 2.91. The van der Waals surface area contributed by atoms with Gasteiger partial charge in [-0.2, -0.15) is 4.98 Å². The van der Waals surface area contributed by atoms with Gasteiger partial charge in [-0.15, -0.1) is 0 Å². The Morgan fingerprint density at radius 3 is 2.87 bits per heavy atom. The molecule has 1 heterocycles. The number of aromatic nitrogens is 2. The highest BCUT2D eigenvalue weighted by Gasteiger charge is 2.15. The summed E-state index contributed by atoms with van der Waals surface area (Å²) in [7, 11) is 0. The minimum absolute atomic E-state index is 0.346. The number of anilines is 1. The van der Waals surface area contributed by atoms with Crippen molar-refractivity contribution in [3.05, 3.63) is 34.9 Å². The number of benzene rings is 1. The SMILES string of the molecule is CCCOc1ccc(NC(=O)N[C@@H](C)c2nc(C)no2)cc1Cl. The number of hydrogen-bond donors (Lipinski definition) is 2. The molecule has 8 heteroatoms. The van der Waals surface area contributed by atoms with Gasteiger partial charge in [0.2, 0.25) is 5.89 Å². The molecule has 1 atom stereocenters. The minimum atomic E-state index is -0.404. The summed E-state index contributed by atoms with van der Waals surface area (Å²) in [4.78, 5) is 16.1. The molecule has 0 aliphatic carbocycles. The van der Waals surface area contributed by atoms with E-state index in [0.717, 1.165) is 6.42 Å². The maximum atomic E-state index is 12.0. The van der Waals surface area contributed by atoms with Crippen LogP contribution in [0.15, 0.2) is 22.7 Å². The van der Waals surface area contributed by atoms with Crippen molar-refractivity contribution >= 4 is 23.3 Å². The Labute approximate surface area is 139 Å². The normalized spacial score (nSPS) is 11.8. The monoisotopic (exact) mass is 338 g/mol. The molecule has 0 aliphatic rings. The zero-order valence-corrected chi connectivity index (χ0v) is 14.0. The highest BCUT2D eigenvalue weighted by Crippen LogP contribution is 2.27. The van der Waals surface area contributed by atoms with Crippen LogP contribution in [-0.2, 0) is 0 Å². The first-order valence-corrected chi connectivity index (χ1v) is 7.67. The van der Waals surface area contributed by atoms with Gasteiger partial charge in [0.15, 0.2) is 5.82 Å². The van der Waals surface area contributed by atoms with Gasteiger partial charge >= 0.3 is 6.03 Å². The number of nitrogens with one attached hydrogen (secondary N) is 2. The number of rotatable bonds is 6. The van der Waals surface area contributed by atoms with Crippen LogP contribution in [0.2, 0.25) is 5.02 Å². The fraction of sp³-hybridized carbons (Fsp3) is 0.400. The van der Waals surface area contributed by atoms with E-state index in [0.29, 0.717) is 34.8 Å². The second kappa shape index (κ2) is 7.82. The molecule has 0 unspecified atom stereocenters. The molecule has 1 aromatic carbocycles. The molecule has 0 fully saturated rings. The summed E-state index contributed by atoms with van der Waals surface area (Å²) < 4.78 is 10.5. The molecule has 0 spiro atoms. The lowest BCUT2D eigenvalue weighted by Gasteiger charge is -2.12. The number of aryl methyl sites for hydroxylation is 1. The quantitative estimate of drug-likeness (QED) is 0.838. The van der Waals surface area contributed by atoms with Crippen molar-refractivity contribution in [1.82, 2.24) is 15.5 Å². The molecule has 7 nitrogen and oxygen atoms in total. The van der Waals surface area contributed by atoms with Crippen LogP contribution >= 0.6 is 11.6 Å². The molecule has 124 valence electrons. The van der Waals surface area contributed by atoms with Gasteiger partial charge in [-0.1, -0.05) is 23.7 Å². The maximum absolute atomic E-state index is 12.0. The number of nitrogens with zero attached hydrogens (tertiary/aromatic N) is 2. The number of urea groups is 1. The Hall–Kier alpha value is -2.28.